The molecular weight excluding hydrogens is 653 g/mol. The number of hydrogen-bond donors (Lipinski definition) is 0. The minimum atomic E-state index is 1.18. The van der Waals surface area contributed by atoms with Crippen LogP contribution in [-0.4, -0.2) is 9.13 Å². The van der Waals surface area contributed by atoms with Crippen LogP contribution in [0, 0.1) is 6.92 Å². The molecule has 2 aromatic heterocycles. The fourth-order valence-corrected chi connectivity index (χ4v) is 7.60. The molecule has 0 N–H and O–H groups in total. The largest absolute Gasteiger partial charge is 0.309 e. The molecule has 0 aliphatic carbocycles. The molecule has 2 heteroatoms. The maximum absolute atomic E-state index is 2.40. The van der Waals surface area contributed by atoms with Gasteiger partial charge in [-0.25, -0.2) is 0 Å². The summed E-state index contributed by atoms with van der Waals surface area (Å²) in [6, 6.07) is 73.0. The molecular formula is C52H44N2. The normalized spacial score (nSPS) is 10.9. The summed E-state index contributed by atoms with van der Waals surface area (Å²) in [6.45, 7) is 4.39. The average Bonchev–Trinajstić information content (AvgIpc) is 3.76. The third-order valence-corrected chi connectivity index (χ3v) is 9.99. The molecule has 0 radical (unpaired) electrons. The van der Waals surface area contributed by atoms with Crippen molar-refractivity contribution < 1.29 is 0 Å². The number of aryl methyl sites for hydroxylation is 2. The molecule has 0 atom stereocenters. The SMILES string of the molecule is CCCc1ccccc1.Cc1cc(-n2c3ccccc3c3ccccc32)cc(-n2c3ccccc3c3ccccc32)c1.c1ccc(-c2ccccc2)cc1. The van der Waals surface area contributed by atoms with Gasteiger partial charge in [-0.3, -0.25) is 0 Å². The Kier molecular flexibility index (Phi) is 10.2. The molecule has 0 unspecified atom stereocenters. The molecule has 0 bridgehead atoms. The second-order valence-corrected chi connectivity index (χ2v) is 13.7. The Labute approximate surface area is 318 Å². The van der Waals surface area contributed by atoms with Crippen molar-refractivity contribution in [2.24, 2.45) is 0 Å². The van der Waals surface area contributed by atoms with Crippen LogP contribution in [0.15, 0.2) is 206 Å². The number of benzene rings is 8. The summed E-state index contributed by atoms with van der Waals surface area (Å²) in [6.07, 6.45) is 2.45. The molecule has 0 spiro atoms. The Morgan fingerprint density at radius 2 is 0.667 bits per heavy atom. The summed E-state index contributed by atoms with van der Waals surface area (Å²) in [7, 11) is 0. The van der Waals surface area contributed by atoms with Crippen molar-refractivity contribution in [2.75, 3.05) is 0 Å². The maximum Gasteiger partial charge on any atom is 0.0541 e. The van der Waals surface area contributed by atoms with Crippen LogP contribution in [0.4, 0.5) is 0 Å². The van der Waals surface area contributed by atoms with E-state index in [9.17, 15) is 0 Å². The molecule has 0 aliphatic rings. The van der Waals surface area contributed by atoms with Gasteiger partial charge in [-0.2, -0.15) is 0 Å². The summed E-state index contributed by atoms with van der Waals surface area (Å²) in [5.74, 6) is 0. The van der Waals surface area contributed by atoms with Gasteiger partial charge in [-0.05, 0) is 78.1 Å². The second kappa shape index (κ2) is 15.9. The molecule has 262 valence electrons. The van der Waals surface area contributed by atoms with Gasteiger partial charge in [-0.15, -0.1) is 0 Å². The quantitative estimate of drug-likeness (QED) is 0.170. The van der Waals surface area contributed by atoms with Crippen LogP contribution in [0.2, 0.25) is 0 Å². The lowest BCUT2D eigenvalue weighted by Gasteiger charge is -2.14. The van der Waals surface area contributed by atoms with E-state index in [1.165, 1.54) is 90.1 Å². The number of aromatic nitrogens is 2. The highest BCUT2D eigenvalue weighted by atomic mass is 15.0. The number of nitrogens with zero attached hydrogens (tertiary/aromatic N) is 2. The zero-order chi connectivity index (χ0) is 36.7. The Bertz CT molecular complexity index is 2500. The topological polar surface area (TPSA) is 9.86 Å². The molecule has 0 saturated carbocycles. The third-order valence-electron chi connectivity index (χ3n) is 9.99. The van der Waals surface area contributed by atoms with Gasteiger partial charge in [0.25, 0.3) is 0 Å². The zero-order valence-corrected chi connectivity index (χ0v) is 30.9. The number of hydrogen-bond acceptors (Lipinski definition) is 0. The average molecular weight is 697 g/mol. The minimum absolute atomic E-state index is 1.18. The first-order valence-electron chi connectivity index (χ1n) is 18.9. The highest BCUT2D eigenvalue weighted by Gasteiger charge is 2.15. The summed E-state index contributed by atoms with van der Waals surface area (Å²) in [4.78, 5) is 0. The van der Waals surface area contributed by atoms with Crippen molar-refractivity contribution in [1.82, 2.24) is 9.13 Å². The van der Waals surface area contributed by atoms with Crippen LogP contribution < -0.4 is 0 Å². The van der Waals surface area contributed by atoms with Gasteiger partial charge in [-0.1, -0.05) is 177 Å². The minimum Gasteiger partial charge on any atom is -0.309 e. The predicted molar refractivity (Wildman–Crippen MR) is 232 cm³/mol. The first kappa shape index (κ1) is 34.4. The molecule has 0 fully saturated rings. The van der Waals surface area contributed by atoms with E-state index in [1.807, 2.05) is 12.1 Å². The van der Waals surface area contributed by atoms with Crippen molar-refractivity contribution in [3.05, 3.63) is 217 Å². The van der Waals surface area contributed by atoms with Gasteiger partial charge in [0.2, 0.25) is 0 Å². The maximum atomic E-state index is 2.40. The van der Waals surface area contributed by atoms with Crippen molar-refractivity contribution in [3.8, 4) is 22.5 Å². The van der Waals surface area contributed by atoms with Gasteiger partial charge >= 0.3 is 0 Å². The Morgan fingerprint density at radius 3 is 1.02 bits per heavy atom. The summed E-state index contributed by atoms with van der Waals surface area (Å²) >= 11 is 0. The Hall–Kier alpha value is -6.64. The monoisotopic (exact) mass is 696 g/mol. The molecule has 10 aromatic rings. The van der Waals surface area contributed by atoms with Crippen LogP contribution in [0.1, 0.15) is 24.5 Å². The van der Waals surface area contributed by atoms with Gasteiger partial charge in [0.15, 0.2) is 0 Å². The Morgan fingerprint density at radius 1 is 0.352 bits per heavy atom. The van der Waals surface area contributed by atoms with E-state index in [2.05, 4.69) is 217 Å². The highest BCUT2D eigenvalue weighted by Crippen LogP contribution is 2.35. The standard InChI is InChI=1S/C31H22N2.C12H10.C9H12/c1-21-18-22(32-28-14-6-2-10-24(28)25-11-3-7-15-29(25)32)20-23(19-21)33-30-16-8-4-12-26(30)27-13-5-9-17-31(27)33;1-3-7-11(8-4-1)12-9-5-2-6-10-12;1-2-6-9-7-4-3-5-8-9/h2-20H,1H3;1-10H;3-5,7-8H,2,6H2,1H3. The van der Waals surface area contributed by atoms with Crippen molar-refractivity contribution in [1.29, 1.82) is 0 Å². The Balaban J connectivity index is 0.000000160. The molecule has 8 aromatic carbocycles. The van der Waals surface area contributed by atoms with Crippen molar-refractivity contribution in [3.63, 3.8) is 0 Å². The van der Waals surface area contributed by atoms with E-state index < -0.39 is 0 Å². The van der Waals surface area contributed by atoms with Gasteiger partial charge < -0.3 is 9.13 Å². The molecule has 0 amide bonds. The first-order chi connectivity index (χ1) is 26.7. The molecule has 2 nitrogen and oxygen atoms in total. The summed E-state index contributed by atoms with van der Waals surface area (Å²) in [5, 5.41) is 5.14. The lowest BCUT2D eigenvalue weighted by molar-refractivity contribution is 0.922. The highest BCUT2D eigenvalue weighted by molar-refractivity contribution is 6.10. The second-order valence-electron chi connectivity index (χ2n) is 13.7. The molecule has 0 aliphatic heterocycles. The molecule has 10 rings (SSSR count). The summed E-state index contributed by atoms with van der Waals surface area (Å²) < 4.78 is 4.80. The number of para-hydroxylation sites is 4. The van der Waals surface area contributed by atoms with Crippen molar-refractivity contribution >= 4 is 43.6 Å². The van der Waals surface area contributed by atoms with E-state index in [1.54, 1.807) is 0 Å². The first-order valence-corrected chi connectivity index (χ1v) is 18.9. The van der Waals surface area contributed by atoms with E-state index in [-0.39, 0.29) is 0 Å². The van der Waals surface area contributed by atoms with Gasteiger partial charge in [0.1, 0.15) is 0 Å². The van der Waals surface area contributed by atoms with E-state index in [0.717, 1.165) is 0 Å². The van der Waals surface area contributed by atoms with Crippen LogP contribution in [0.3, 0.4) is 0 Å². The van der Waals surface area contributed by atoms with E-state index >= 15 is 0 Å². The molecule has 54 heavy (non-hydrogen) atoms. The molecule has 0 saturated heterocycles. The smallest absolute Gasteiger partial charge is 0.0541 e. The van der Waals surface area contributed by atoms with Crippen LogP contribution >= 0.6 is 0 Å². The third kappa shape index (κ3) is 7.07. The number of fused-ring (bicyclic) bond motifs is 6. The fourth-order valence-electron chi connectivity index (χ4n) is 7.60. The van der Waals surface area contributed by atoms with Crippen molar-refractivity contribution in [2.45, 2.75) is 26.7 Å². The summed E-state index contributed by atoms with van der Waals surface area (Å²) in [5.41, 5.74) is 12.5. The number of rotatable bonds is 5. The fraction of sp³-hybridized carbons (Fsp3) is 0.0769. The van der Waals surface area contributed by atoms with Crippen LogP contribution in [-0.2, 0) is 6.42 Å². The zero-order valence-electron chi connectivity index (χ0n) is 30.9. The van der Waals surface area contributed by atoms with Crippen LogP contribution in [0.5, 0.6) is 0 Å². The predicted octanol–water partition coefficient (Wildman–Crippen LogP) is 14.2. The lowest BCUT2D eigenvalue weighted by atomic mass is 10.1. The van der Waals surface area contributed by atoms with Crippen LogP contribution in [0.25, 0.3) is 66.1 Å². The van der Waals surface area contributed by atoms with Gasteiger partial charge in [0.05, 0.1) is 22.1 Å². The van der Waals surface area contributed by atoms with E-state index in [4.69, 9.17) is 0 Å². The van der Waals surface area contributed by atoms with E-state index in [0.29, 0.717) is 0 Å². The lowest BCUT2D eigenvalue weighted by Crippen LogP contribution is -1.99. The molecule has 2 heterocycles. The van der Waals surface area contributed by atoms with Gasteiger partial charge in [0, 0.05) is 32.9 Å².